The summed E-state index contributed by atoms with van der Waals surface area (Å²) in [6.07, 6.45) is 0.432. The molecule has 0 aliphatic heterocycles. The van der Waals surface area contributed by atoms with Crippen molar-refractivity contribution in [3.63, 3.8) is 0 Å². The van der Waals surface area contributed by atoms with Crippen LogP contribution in [-0.2, 0) is 16.6 Å². The highest BCUT2D eigenvalue weighted by molar-refractivity contribution is 9.10. The summed E-state index contributed by atoms with van der Waals surface area (Å²) in [4.78, 5) is 17.7. The van der Waals surface area contributed by atoms with E-state index in [1.165, 1.54) is 0 Å². The van der Waals surface area contributed by atoms with Gasteiger partial charge in [0, 0.05) is 20.2 Å². The van der Waals surface area contributed by atoms with Gasteiger partial charge >= 0.3 is 0 Å². The number of ketones is 1. The van der Waals surface area contributed by atoms with Crippen molar-refractivity contribution in [1.29, 1.82) is 0 Å². The molecule has 2 nitrogen and oxygen atoms in total. The number of thioether (sulfide) groups is 1. The SMILES string of the molecule is CC(C)(C)c1csc(CC(=O)CSc2cccc(Br)c2)n1. The van der Waals surface area contributed by atoms with Gasteiger partial charge in [0.15, 0.2) is 0 Å². The van der Waals surface area contributed by atoms with E-state index in [0.717, 1.165) is 20.1 Å². The molecule has 2 rings (SSSR count). The second-order valence-corrected chi connectivity index (χ2v) is 8.75. The molecular formula is C16H18BrNOS2. The van der Waals surface area contributed by atoms with E-state index in [1.807, 2.05) is 24.3 Å². The van der Waals surface area contributed by atoms with Gasteiger partial charge in [0.1, 0.15) is 10.8 Å². The lowest BCUT2D eigenvalue weighted by Crippen LogP contribution is -2.12. The highest BCUT2D eigenvalue weighted by Gasteiger charge is 2.18. The summed E-state index contributed by atoms with van der Waals surface area (Å²) >= 11 is 6.59. The topological polar surface area (TPSA) is 30.0 Å². The van der Waals surface area contributed by atoms with Gasteiger partial charge in [-0.05, 0) is 18.2 Å². The van der Waals surface area contributed by atoms with Crippen LogP contribution in [-0.4, -0.2) is 16.5 Å². The molecule has 0 spiro atoms. The van der Waals surface area contributed by atoms with Crippen LogP contribution in [0.15, 0.2) is 39.0 Å². The Morgan fingerprint density at radius 1 is 1.38 bits per heavy atom. The van der Waals surface area contributed by atoms with Crippen LogP contribution in [0.25, 0.3) is 0 Å². The predicted octanol–water partition coefficient (Wildman–Crippen LogP) is 5.11. The smallest absolute Gasteiger partial charge is 0.149 e. The van der Waals surface area contributed by atoms with Crippen molar-refractivity contribution in [3.8, 4) is 0 Å². The first-order chi connectivity index (χ1) is 9.84. The number of carbonyl (C=O) groups excluding carboxylic acids is 1. The van der Waals surface area contributed by atoms with Crippen LogP contribution in [0.3, 0.4) is 0 Å². The van der Waals surface area contributed by atoms with E-state index in [1.54, 1.807) is 23.1 Å². The molecule has 21 heavy (non-hydrogen) atoms. The first-order valence-electron chi connectivity index (χ1n) is 6.69. The summed E-state index contributed by atoms with van der Waals surface area (Å²) < 4.78 is 1.04. The Bertz CT molecular complexity index is 631. The summed E-state index contributed by atoms with van der Waals surface area (Å²) in [5.74, 6) is 0.704. The lowest BCUT2D eigenvalue weighted by atomic mass is 9.93. The maximum Gasteiger partial charge on any atom is 0.149 e. The van der Waals surface area contributed by atoms with Gasteiger partial charge in [-0.3, -0.25) is 4.79 Å². The second kappa shape index (κ2) is 7.07. The van der Waals surface area contributed by atoms with E-state index < -0.39 is 0 Å². The number of benzene rings is 1. The third-order valence-electron chi connectivity index (χ3n) is 2.86. The average Bonchev–Trinajstić information content (AvgIpc) is 2.85. The predicted molar refractivity (Wildman–Crippen MR) is 94.4 cm³/mol. The Morgan fingerprint density at radius 2 is 2.14 bits per heavy atom. The van der Waals surface area contributed by atoms with Crippen molar-refractivity contribution < 1.29 is 4.79 Å². The van der Waals surface area contributed by atoms with Crippen LogP contribution in [0.5, 0.6) is 0 Å². The molecule has 0 radical (unpaired) electrons. The van der Waals surface area contributed by atoms with E-state index >= 15 is 0 Å². The first kappa shape index (κ1) is 16.7. The lowest BCUT2D eigenvalue weighted by Gasteiger charge is -2.14. The van der Waals surface area contributed by atoms with Gasteiger partial charge in [-0.25, -0.2) is 4.98 Å². The molecule has 0 aliphatic carbocycles. The monoisotopic (exact) mass is 383 g/mol. The zero-order valence-corrected chi connectivity index (χ0v) is 15.6. The van der Waals surface area contributed by atoms with Gasteiger partial charge in [-0.1, -0.05) is 42.8 Å². The van der Waals surface area contributed by atoms with Gasteiger partial charge < -0.3 is 0 Å². The standard InChI is InChI=1S/C16H18BrNOS2/c1-16(2,3)14-10-21-15(18-14)8-12(19)9-20-13-6-4-5-11(17)7-13/h4-7,10H,8-9H2,1-3H3. The second-order valence-electron chi connectivity index (χ2n) is 5.84. The van der Waals surface area contributed by atoms with Crippen LogP contribution in [0.4, 0.5) is 0 Å². The van der Waals surface area contributed by atoms with Gasteiger partial charge in [0.05, 0.1) is 17.9 Å². The van der Waals surface area contributed by atoms with Crippen molar-refractivity contribution >= 4 is 44.8 Å². The van der Waals surface area contributed by atoms with E-state index in [4.69, 9.17) is 0 Å². The van der Waals surface area contributed by atoms with Crippen LogP contribution in [0.2, 0.25) is 0 Å². The van der Waals surface area contributed by atoms with E-state index in [2.05, 4.69) is 47.1 Å². The fourth-order valence-corrected chi connectivity index (χ4v) is 4.09. The summed E-state index contributed by atoms with van der Waals surface area (Å²) in [6.45, 7) is 6.41. The molecule has 0 saturated heterocycles. The fourth-order valence-electron chi connectivity index (χ4n) is 1.68. The lowest BCUT2D eigenvalue weighted by molar-refractivity contribution is -0.116. The van der Waals surface area contributed by atoms with E-state index in [9.17, 15) is 4.79 Å². The molecule has 0 unspecified atom stereocenters. The molecule has 0 fully saturated rings. The highest BCUT2D eigenvalue weighted by Crippen LogP contribution is 2.25. The van der Waals surface area contributed by atoms with Crippen molar-refractivity contribution in [2.24, 2.45) is 0 Å². The molecule has 1 heterocycles. The average molecular weight is 384 g/mol. The van der Waals surface area contributed by atoms with E-state index in [-0.39, 0.29) is 11.2 Å². The minimum Gasteiger partial charge on any atom is -0.298 e. The maximum absolute atomic E-state index is 12.1. The van der Waals surface area contributed by atoms with Crippen LogP contribution >= 0.6 is 39.0 Å². The van der Waals surface area contributed by atoms with Crippen molar-refractivity contribution in [2.45, 2.75) is 37.5 Å². The third kappa shape index (κ3) is 5.24. The number of nitrogens with zero attached hydrogens (tertiary/aromatic N) is 1. The number of rotatable bonds is 5. The Kier molecular flexibility index (Phi) is 5.63. The molecule has 0 atom stereocenters. The van der Waals surface area contributed by atoms with Crippen LogP contribution < -0.4 is 0 Å². The summed E-state index contributed by atoms with van der Waals surface area (Å²) in [5.41, 5.74) is 1.11. The molecule has 0 aliphatic rings. The fraction of sp³-hybridized carbons (Fsp3) is 0.375. The number of halogens is 1. The Morgan fingerprint density at radius 3 is 2.76 bits per heavy atom. The zero-order valence-electron chi connectivity index (χ0n) is 12.4. The first-order valence-corrected chi connectivity index (χ1v) is 9.35. The van der Waals surface area contributed by atoms with Crippen LogP contribution in [0.1, 0.15) is 31.5 Å². The summed E-state index contributed by atoms with van der Waals surface area (Å²) in [7, 11) is 0. The molecule has 1 aromatic heterocycles. The number of aromatic nitrogens is 1. The normalized spacial score (nSPS) is 11.6. The summed E-state index contributed by atoms with van der Waals surface area (Å²) in [5, 5.41) is 2.98. The molecule has 0 bridgehead atoms. The molecule has 5 heteroatoms. The number of hydrogen-bond donors (Lipinski definition) is 0. The highest BCUT2D eigenvalue weighted by atomic mass is 79.9. The Hall–Kier alpha value is -0.650. The Labute approximate surface area is 142 Å². The van der Waals surface area contributed by atoms with Crippen molar-refractivity contribution in [1.82, 2.24) is 4.98 Å². The largest absolute Gasteiger partial charge is 0.298 e. The minimum absolute atomic E-state index is 0.0445. The third-order valence-corrected chi connectivity index (χ3v) is 5.26. The molecular weight excluding hydrogens is 366 g/mol. The molecule has 0 N–H and O–H groups in total. The quantitative estimate of drug-likeness (QED) is 0.672. The minimum atomic E-state index is 0.0445. The van der Waals surface area contributed by atoms with Gasteiger partial charge in [-0.2, -0.15) is 0 Å². The Balaban J connectivity index is 1.89. The van der Waals surface area contributed by atoms with Crippen molar-refractivity contribution in [2.75, 3.05) is 5.75 Å². The van der Waals surface area contributed by atoms with Gasteiger partial charge in [0.25, 0.3) is 0 Å². The maximum atomic E-state index is 12.1. The number of Topliss-reactive ketones (excluding diaryl/α,β-unsaturated/α-hetero) is 1. The van der Waals surface area contributed by atoms with E-state index in [0.29, 0.717) is 12.2 Å². The number of hydrogen-bond acceptors (Lipinski definition) is 4. The molecule has 2 aromatic rings. The molecule has 0 saturated carbocycles. The number of thiazole rings is 1. The number of carbonyl (C=O) groups is 1. The summed E-state index contributed by atoms with van der Waals surface area (Å²) in [6, 6.07) is 8.01. The van der Waals surface area contributed by atoms with Gasteiger partial charge in [-0.15, -0.1) is 23.1 Å². The zero-order chi connectivity index (χ0) is 15.5. The molecule has 1 aromatic carbocycles. The van der Waals surface area contributed by atoms with Gasteiger partial charge in [0.2, 0.25) is 0 Å². The molecule has 112 valence electrons. The molecule has 0 amide bonds. The van der Waals surface area contributed by atoms with Crippen LogP contribution in [0, 0.1) is 0 Å². The van der Waals surface area contributed by atoms with Crippen molar-refractivity contribution in [3.05, 3.63) is 44.8 Å².